The highest BCUT2D eigenvalue weighted by Gasteiger charge is 2.13. The van der Waals surface area contributed by atoms with Gasteiger partial charge >= 0.3 is 0 Å². The summed E-state index contributed by atoms with van der Waals surface area (Å²) >= 11 is 0. The fourth-order valence-electron chi connectivity index (χ4n) is 1.30. The highest BCUT2D eigenvalue weighted by Crippen LogP contribution is 2.16. The predicted octanol–water partition coefficient (Wildman–Crippen LogP) is 2.32. The van der Waals surface area contributed by atoms with E-state index in [-0.39, 0.29) is 11.9 Å². The second kappa shape index (κ2) is 7.66. The van der Waals surface area contributed by atoms with Crippen LogP contribution in [0.2, 0.25) is 0 Å². The number of carbonyl (C=O) groups is 1. The zero-order valence-corrected chi connectivity index (χ0v) is 11.5. The summed E-state index contributed by atoms with van der Waals surface area (Å²) in [5, 5.41) is 6.18. The molecule has 1 atom stereocenters. The van der Waals surface area contributed by atoms with Crippen LogP contribution in [0.1, 0.15) is 53.9 Å². The number of nitrogens with one attached hydrogen (secondary N) is 2. The van der Waals surface area contributed by atoms with Crippen molar-refractivity contribution in [1.29, 1.82) is 0 Å². The molecule has 0 aliphatic carbocycles. The lowest BCUT2D eigenvalue weighted by Crippen LogP contribution is -2.43. The minimum Gasteiger partial charge on any atom is -0.355 e. The van der Waals surface area contributed by atoms with Gasteiger partial charge in [0.2, 0.25) is 5.91 Å². The predicted molar refractivity (Wildman–Crippen MR) is 69.5 cm³/mol. The van der Waals surface area contributed by atoms with Crippen LogP contribution < -0.4 is 10.6 Å². The fourth-order valence-corrected chi connectivity index (χ4v) is 1.30. The molecule has 0 aromatic rings. The van der Waals surface area contributed by atoms with Crippen LogP contribution in [0.4, 0.5) is 0 Å². The first-order valence-electron chi connectivity index (χ1n) is 6.38. The summed E-state index contributed by atoms with van der Waals surface area (Å²) in [6.07, 6.45) is 3.26. The summed E-state index contributed by atoms with van der Waals surface area (Å²) in [5.41, 5.74) is 0.325. The van der Waals surface area contributed by atoms with Gasteiger partial charge in [0.1, 0.15) is 0 Å². The van der Waals surface area contributed by atoms with Gasteiger partial charge in [-0.25, -0.2) is 0 Å². The van der Waals surface area contributed by atoms with Crippen molar-refractivity contribution in [3.05, 3.63) is 0 Å². The van der Waals surface area contributed by atoms with Gasteiger partial charge in [0.25, 0.3) is 0 Å². The molecule has 0 fully saturated rings. The quantitative estimate of drug-likeness (QED) is 0.657. The summed E-state index contributed by atoms with van der Waals surface area (Å²) in [6.45, 7) is 12.4. The molecule has 2 N–H and O–H groups in total. The van der Waals surface area contributed by atoms with E-state index in [9.17, 15) is 4.79 Å². The lowest BCUT2D eigenvalue weighted by Gasteiger charge is -2.20. The smallest absolute Gasteiger partial charge is 0.236 e. The topological polar surface area (TPSA) is 41.1 Å². The van der Waals surface area contributed by atoms with Crippen molar-refractivity contribution in [1.82, 2.24) is 10.6 Å². The number of unbranched alkanes of at least 4 members (excludes halogenated alkanes) is 1. The van der Waals surface area contributed by atoms with E-state index in [4.69, 9.17) is 0 Å². The van der Waals surface area contributed by atoms with Crippen molar-refractivity contribution in [2.75, 3.05) is 13.1 Å². The van der Waals surface area contributed by atoms with Crippen LogP contribution in [0.3, 0.4) is 0 Å². The molecular formula is C13H28N2O. The second-order valence-electron chi connectivity index (χ2n) is 5.63. The average Bonchev–Trinajstić information content (AvgIpc) is 2.15. The Morgan fingerprint density at radius 2 is 1.88 bits per heavy atom. The second-order valence-corrected chi connectivity index (χ2v) is 5.63. The van der Waals surface area contributed by atoms with Crippen molar-refractivity contribution in [3.8, 4) is 0 Å². The molecule has 16 heavy (non-hydrogen) atoms. The van der Waals surface area contributed by atoms with Gasteiger partial charge in [-0.05, 0) is 31.7 Å². The molecule has 0 radical (unpaired) electrons. The van der Waals surface area contributed by atoms with Crippen LogP contribution in [0.15, 0.2) is 0 Å². The third-order valence-corrected chi connectivity index (χ3v) is 2.55. The molecule has 3 nitrogen and oxygen atoms in total. The highest BCUT2D eigenvalue weighted by molar-refractivity contribution is 5.81. The van der Waals surface area contributed by atoms with E-state index < -0.39 is 0 Å². The Hall–Kier alpha value is -0.570. The Balaban J connectivity index is 3.63. The summed E-state index contributed by atoms with van der Waals surface area (Å²) < 4.78 is 0. The maximum absolute atomic E-state index is 11.6. The van der Waals surface area contributed by atoms with Gasteiger partial charge in [-0.15, -0.1) is 0 Å². The van der Waals surface area contributed by atoms with Crippen molar-refractivity contribution in [2.24, 2.45) is 5.41 Å². The van der Waals surface area contributed by atoms with E-state index in [1.165, 1.54) is 0 Å². The first-order chi connectivity index (χ1) is 7.37. The standard InChI is InChI=1S/C13H28N2O/c1-6-7-9-15-12(16)11(2)14-10-8-13(3,4)5/h11,14H,6-10H2,1-5H3,(H,15,16). The molecule has 0 saturated carbocycles. The molecule has 0 saturated heterocycles. The van der Waals surface area contributed by atoms with Crippen molar-refractivity contribution >= 4 is 5.91 Å². The van der Waals surface area contributed by atoms with Gasteiger partial charge in [-0.1, -0.05) is 34.1 Å². The molecule has 1 unspecified atom stereocenters. The van der Waals surface area contributed by atoms with E-state index in [0.717, 1.165) is 32.4 Å². The van der Waals surface area contributed by atoms with Crippen LogP contribution in [0.5, 0.6) is 0 Å². The molecule has 0 aliphatic heterocycles. The molecule has 0 aromatic heterocycles. The molecule has 0 spiro atoms. The first-order valence-corrected chi connectivity index (χ1v) is 6.38. The third-order valence-electron chi connectivity index (χ3n) is 2.55. The summed E-state index contributed by atoms with van der Waals surface area (Å²) in [7, 11) is 0. The van der Waals surface area contributed by atoms with Crippen LogP contribution in [-0.2, 0) is 4.79 Å². The molecule has 3 heteroatoms. The average molecular weight is 228 g/mol. The van der Waals surface area contributed by atoms with Gasteiger partial charge in [-0.3, -0.25) is 4.79 Å². The zero-order valence-electron chi connectivity index (χ0n) is 11.5. The highest BCUT2D eigenvalue weighted by atomic mass is 16.2. The lowest BCUT2D eigenvalue weighted by atomic mass is 9.92. The van der Waals surface area contributed by atoms with Crippen LogP contribution in [-0.4, -0.2) is 25.0 Å². The Bertz CT molecular complexity index is 197. The maximum Gasteiger partial charge on any atom is 0.236 e. The van der Waals surface area contributed by atoms with Crippen molar-refractivity contribution in [3.63, 3.8) is 0 Å². The minimum atomic E-state index is -0.0841. The van der Waals surface area contributed by atoms with Crippen molar-refractivity contribution < 1.29 is 4.79 Å². The monoisotopic (exact) mass is 228 g/mol. The van der Waals surface area contributed by atoms with Crippen LogP contribution >= 0.6 is 0 Å². The van der Waals surface area contributed by atoms with Crippen LogP contribution in [0, 0.1) is 5.41 Å². The number of carbonyl (C=O) groups excluding carboxylic acids is 1. The summed E-state index contributed by atoms with van der Waals surface area (Å²) in [6, 6.07) is -0.0841. The zero-order chi connectivity index (χ0) is 12.6. The summed E-state index contributed by atoms with van der Waals surface area (Å²) in [5.74, 6) is 0.113. The van der Waals surface area contributed by atoms with Crippen molar-refractivity contribution in [2.45, 2.75) is 59.9 Å². The maximum atomic E-state index is 11.6. The van der Waals surface area contributed by atoms with E-state index in [1.54, 1.807) is 0 Å². The third kappa shape index (κ3) is 8.72. The molecule has 0 bridgehead atoms. The van der Waals surface area contributed by atoms with Gasteiger partial charge in [-0.2, -0.15) is 0 Å². The molecule has 0 aliphatic rings. The molecular weight excluding hydrogens is 200 g/mol. The van der Waals surface area contributed by atoms with E-state index in [2.05, 4.69) is 38.3 Å². The largest absolute Gasteiger partial charge is 0.355 e. The first kappa shape index (κ1) is 15.4. The Morgan fingerprint density at radius 3 is 2.38 bits per heavy atom. The number of amides is 1. The number of hydrogen-bond acceptors (Lipinski definition) is 2. The van der Waals surface area contributed by atoms with Gasteiger partial charge < -0.3 is 10.6 Å². The van der Waals surface area contributed by atoms with Gasteiger partial charge in [0.05, 0.1) is 6.04 Å². The van der Waals surface area contributed by atoms with E-state index in [1.807, 2.05) is 6.92 Å². The molecule has 96 valence electrons. The Kier molecular flexibility index (Phi) is 7.39. The minimum absolute atomic E-state index is 0.0841. The molecule has 1 amide bonds. The van der Waals surface area contributed by atoms with Gasteiger partial charge in [0.15, 0.2) is 0 Å². The number of hydrogen-bond donors (Lipinski definition) is 2. The summed E-state index contributed by atoms with van der Waals surface area (Å²) in [4.78, 5) is 11.6. The normalized spacial score (nSPS) is 13.6. The molecule has 0 rings (SSSR count). The van der Waals surface area contributed by atoms with E-state index >= 15 is 0 Å². The van der Waals surface area contributed by atoms with Gasteiger partial charge in [0, 0.05) is 6.54 Å². The SMILES string of the molecule is CCCCNC(=O)C(C)NCCC(C)(C)C. The Morgan fingerprint density at radius 1 is 1.25 bits per heavy atom. The molecule has 0 aromatic carbocycles. The fraction of sp³-hybridized carbons (Fsp3) is 0.923. The van der Waals surface area contributed by atoms with E-state index in [0.29, 0.717) is 5.41 Å². The molecule has 0 heterocycles. The van der Waals surface area contributed by atoms with Crippen LogP contribution in [0.25, 0.3) is 0 Å². The number of rotatable bonds is 7. The lowest BCUT2D eigenvalue weighted by molar-refractivity contribution is -0.122. The Labute approximate surface area is 100 Å².